The fraction of sp³-hybridized carbons (Fsp3) is 0.357. The van der Waals surface area contributed by atoms with Crippen molar-refractivity contribution in [2.75, 3.05) is 49.1 Å². The number of nitrogens with one attached hydrogen (secondary N) is 1. The molecule has 9 heteroatoms. The highest BCUT2D eigenvalue weighted by Gasteiger charge is 2.26. The molecule has 192 valence electrons. The van der Waals surface area contributed by atoms with Gasteiger partial charge in [-0.1, -0.05) is 12.1 Å². The molecule has 0 amide bonds. The van der Waals surface area contributed by atoms with Crippen molar-refractivity contribution in [3.8, 4) is 17.0 Å². The third kappa shape index (κ3) is 4.59. The average molecular weight is 506 g/mol. The largest absolute Gasteiger partial charge is 0.486 e. The van der Waals surface area contributed by atoms with Crippen molar-refractivity contribution in [1.82, 2.24) is 15.3 Å². The number of nitrogens with zero attached hydrogens (tertiary/aromatic N) is 4. The zero-order valence-corrected chi connectivity index (χ0v) is 20.9. The maximum Gasteiger partial charge on any atom is 0.196 e. The molecule has 0 radical (unpaired) electrons. The van der Waals surface area contributed by atoms with Crippen LogP contribution in [0.15, 0.2) is 47.0 Å². The minimum Gasteiger partial charge on any atom is -0.486 e. The molecule has 7 nitrogen and oxygen atoms in total. The smallest absolute Gasteiger partial charge is 0.196 e. The van der Waals surface area contributed by atoms with Gasteiger partial charge >= 0.3 is 0 Å². The SMILES string of the molecule is CC(C)N1CCOc2c(F)cc(-c3nc(Cc4ccc5cc(N6CCNCC6)oc5c4)ncc3F)cc21. The van der Waals surface area contributed by atoms with Crippen molar-refractivity contribution in [3.05, 3.63) is 65.6 Å². The lowest BCUT2D eigenvalue weighted by Gasteiger charge is -2.34. The Balaban J connectivity index is 1.30. The number of benzene rings is 2. The molecular formula is C28H29F2N5O2. The van der Waals surface area contributed by atoms with E-state index < -0.39 is 11.6 Å². The fourth-order valence-electron chi connectivity index (χ4n) is 5.06. The fourth-order valence-corrected chi connectivity index (χ4v) is 5.06. The van der Waals surface area contributed by atoms with Crippen LogP contribution >= 0.6 is 0 Å². The molecule has 1 fully saturated rings. The standard InChI is InChI=1S/C28H29F2N5O2/c1-17(2)35-9-10-36-28-21(29)13-20(14-23(28)35)27-22(30)16-32-25(33-27)12-18-3-4-19-15-26(37-24(19)11-18)34-7-5-31-6-8-34/h3-4,11,13-17,31H,5-10,12H2,1-2H3. The molecule has 37 heavy (non-hydrogen) atoms. The summed E-state index contributed by atoms with van der Waals surface area (Å²) in [5.41, 5.74) is 2.78. The number of furan rings is 1. The minimum absolute atomic E-state index is 0.0704. The second-order valence-corrected chi connectivity index (χ2v) is 9.80. The minimum atomic E-state index is -0.599. The maximum absolute atomic E-state index is 15.0. The molecule has 0 spiro atoms. The van der Waals surface area contributed by atoms with Crippen LogP contribution in [0, 0.1) is 11.6 Å². The number of rotatable bonds is 5. The van der Waals surface area contributed by atoms with Gasteiger partial charge < -0.3 is 24.3 Å². The van der Waals surface area contributed by atoms with E-state index in [4.69, 9.17) is 9.15 Å². The Morgan fingerprint density at radius 2 is 1.86 bits per heavy atom. The van der Waals surface area contributed by atoms with Gasteiger partial charge in [0.2, 0.25) is 0 Å². The van der Waals surface area contributed by atoms with Crippen LogP contribution in [0.2, 0.25) is 0 Å². The summed E-state index contributed by atoms with van der Waals surface area (Å²) in [6.45, 7) is 8.79. The lowest BCUT2D eigenvalue weighted by atomic mass is 10.1. The first-order valence-electron chi connectivity index (χ1n) is 12.7. The van der Waals surface area contributed by atoms with Gasteiger partial charge in [0.25, 0.3) is 0 Å². The Kier molecular flexibility index (Phi) is 6.16. The van der Waals surface area contributed by atoms with E-state index in [-0.39, 0.29) is 17.5 Å². The Morgan fingerprint density at radius 1 is 1.03 bits per heavy atom. The summed E-state index contributed by atoms with van der Waals surface area (Å²) < 4.78 is 41.6. The van der Waals surface area contributed by atoms with Crippen molar-refractivity contribution >= 4 is 22.5 Å². The zero-order chi connectivity index (χ0) is 25.5. The highest BCUT2D eigenvalue weighted by atomic mass is 19.1. The van der Waals surface area contributed by atoms with Crippen molar-refractivity contribution in [1.29, 1.82) is 0 Å². The summed E-state index contributed by atoms with van der Waals surface area (Å²) >= 11 is 0. The van der Waals surface area contributed by atoms with Gasteiger partial charge in [0.05, 0.1) is 18.4 Å². The molecule has 2 aromatic carbocycles. The van der Waals surface area contributed by atoms with E-state index in [1.807, 2.05) is 32.0 Å². The summed E-state index contributed by atoms with van der Waals surface area (Å²) in [7, 11) is 0. The summed E-state index contributed by atoms with van der Waals surface area (Å²) in [4.78, 5) is 13.0. The molecule has 1 saturated heterocycles. The molecule has 0 bridgehead atoms. The van der Waals surface area contributed by atoms with Crippen LogP contribution in [0.5, 0.6) is 5.75 Å². The van der Waals surface area contributed by atoms with E-state index in [9.17, 15) is 8.78 Å². The molecule has 0 aliphatic carbocycles. The molecule has 0 saturated carbocycles. The van der Waals surface area contributed by atoms with Crippen molar-refractivity contribution in [2.24, 2.45) is 0 Å². The predicted octanol–water partition coefficient (Wildman–Crippen LogP) is 4.78. The van der Waals surface area contributed by atoms with Gasteiger partial charge in [0.15, 0.2) is 23.3 Å². The average Bonchev–Trinajstić information content (AvgIpc) is 3.33. The predicted molar refractivity (Wildman–Crippen MR) is 139 cm³/mol. The van der Waals surface area contributed by atoms with Crippen LogP contribution in [0.3, 0.4) is 0 Å². The van der Waals surface area contributed by atoms with E-state index in [2.05, 4.69) is 31.2 Å². The molecule has 0 unspecified atom stereocenters. The summed E-state index contributed by atoms with van der Waals surface area (Å²) in [6, 6.07) is 11.2. The molecule has 6 rings (SSSR count). The van der Waals surface area contributed by atoms with Crippen molar-refractivity contribution < 1.29 is 17.9 Å². The Morgan fingerprint density at radius 3 is 2.68 bits per heavy atom. The van der Waals surface area contributed by atoms with Crippen LogP contribution in [-0.4, -0.2) is 55.3 Å². The summed E-state index contributed by atoms with van der Waals surface area (Å²) in [6.07, 6.45) is 1.54. The number of halogens is 2. The quantitative estimate of drug-likeness (QED) is 0.419. The zero-order valence-electron chi connectivity index (χ0n) is 20.9. The van der Waals surface area contributed by atoms with Crippen LogP contribution in [-0.2, 0) is 6.42 Å². The van der Waals surface area contributed by atoms with E-state index in [1.54, 1.807) is 6.07 Å². The highest BCUT2D eigenvalue weighted by molar-refractivity contribution is 5.82. The molecule has 2 aromatic heterocycles. The molecule has 4 aromatic rings. The normalized spacial score (nSPS) is 15.8. The highest BCUT2D eigenvalue weighted by Crippen LogP contribution is 2.39. The van der Waals surface area contributed by atoms with Gasteiger partial charge in [-0.2, -0.15) is 0 Å². The number of hydrogen-bond donors (Lipinski definition) is 1. The number of hydrogen-bond acceptors (Lipinski definition) is 7. The number of piperazine rings is 1. The molecule has 1 N–H and O–H groups in total. The second kappa shape index (κ2) is 9.63. The van der Waals surface area contributed by atoms with Gasteiger partial charge in [-0.3, -0.25) is 0 Å². The molecule has 2 aliphatic rings. The number of anilines is 2. The molecular weight excluding hydrogens is 476 g/mol. The first kappa shape index (κ1) is 23.7. The van der Waals surface area contributed by atoms with Crippen LogP contribution in [0.25, 0.3) is 22.2 Å². The number of aromatic nitrogens is 2. The molecule has 4 heterocycles. The van der Waals surface area contributed by atoms with Gasteiger partial charge in [-0.15, -0.1) is 0 Å². The third-order valence-electron chi connectivity index (χ3n) is 6.97. The molecule has 2 aliphatic heterocycles. The van der Waals surface area contributed by atoms with Gasteiger partial charge in [-0.25, -0.2) is 18.7 Å². The lowest BCUT2D eigenvalue weighted by Crippen LogP contribution is -2.43. The van der Waals surface area contributed by atoms with E-state index in [0.29, 0.717) is 36.6 Å². The first-order chi connectivity index (χ1) is 18.0. The van der Waals surface area contributed by atoms with Crippen molar-refractivity contribution in [2.45, 2.75) is 26.3 Å². The molecule has 0 atom stereocenters. The van der Waals surface area contributed by atoms with Gasteiger partial charge in [0, 0.05) is 55.7 Å². The van der Waals surface area contributed by atoms with E-state index >= 15 is 0 Å². The maximum atomic E-state index is 15.0. The Labute approximate surface area is 214 Å². The van der Waals surface area contributed by atoms with Gasteiger partial charge in [-0.05, 0) is 37.6 Å². The first-order valence-corrected chi connectivity index (χ1v) is 12.7. The van der Waals surface area contributed by atoms with Crippen LogP contribution < -0.4 is 19.9 Å². The Hall–Kier alpha value is -3.72. The topological polar surface area (TPSA) is 66.7 Å². The van der Waals surface area contributed by atoms with Crippen molar-refractivity contribution in [3.63, 3.8) is 0 Å². The third-order valence-corrected chi connectivity index (χ3v) is 6.97. The second-order valence-electron chi connectivity index (χ2n) is 9.80. The van der Waals surface area contributed by atoms with E-state index in [1.165, 1.54) is 6.07 Å². The summed E-state index contributed by atoms with van der Waals surface area (Å²) in [5.74, 6) is 0.381. The number of ether oxygens (including phenoxy) is 1. The van der Waals surface area contributed by atoms with Crippen LogP contribution in [0.4, 0.5) is 20.4 Å². The Bertz CT molecular complexity index is 1450. The van der Waals surface area contributed by atoms with E-state index in [0.717, 1.165) is 54.8 Å². The monoisotopic (exact) mass is 505 g/mol. The lowest BCUT2D eigenvalue weighted by molar-refractivity contribution is 0.287. The summed E-state index contributed by atoms with van der Waals surface area (Å²) in [5, 5.41) is 4.37. The van der Waals surface area contributed by atoms with Crippen LogP contribution in [0.1, 0.15) is 25.2 Å². The van der Waals surface area contributed by atoms with Gasteiger partial charge in [0.1, 0.15) is 23.7 Å². The number of fused-ring (bicyclic) bond motifs is 2.